The molecule has 316 valence electrons. The standard InChI is InChI=1S/C10H11N.C10H13N.C10H10.C9H9N.C9H11N.C9H9N/c1-8-3-4-9-5-6-11(2)10(9)7-8;1-8-4-3-5-9-6-11(2)7-10(8)9;1-8-5-6-9-3-2-4-10(9)7-8;1-7-2-3-8-4-5-10-9(8)6-7;2*1-7-3-2-4-8-5-10-6-9(7)8/h3-7H,1-2H3;3-5H,6-7H2,1-2H3;2-3,5-7H,4H2,1H3;2-3,5-6H,4H2,1H3;2-4,10H,5-6H2,1H3;2-5H,6H2,1H3. The quantitative estimate of drug-likeness (QED) is 0.166. The summed E-state index contributed by atoms with van der Waals surface area (Å²) in [5.41, 5.74) is 23.6. The Morgan fingerprint density at radius 1 is 0.548 bits per heavy atom. The van der Waals surface area contributed by atoms with E-state index < -0.39 is 0 Å². The Bertz CT molecular complexity index is 2730. The van der Waals surface area contributed by atoms with Crippen molar-refractivity contribution in [1.29, 1.82) is 0 Å². The van der Waals surface area contributed by atoms with Gasteiger partial charge in [-0.2, -0.15) is 0 Å². The maximum Gasteiger partial charge on any atom is 0.0664 e. The molecule has 0 saturated heterocycles. The number of hydrogen-bond donors (Lipinski definition) is 1. The zero-order valence-corrected chi connectivity index (χ0v) is 38.1. The first kappa shape index (κ1) is 43.9. The normalized spacial score (nSPS) is 14.0. The van der Waals surface area contributed by atoms with Gasteiger partial charge in [-0.15, -0.1) is 0 Å². The van der Waals surface area contributed by atoms with Gasteiger partial charge in [0.25, 0.3) is 0 Å². The van der Waals surface area contributed by atoms with Crippen molar-refractivity contribution in [2.45, 2.75) is 87.1 Å². The molecular weight excluding hydrogens is 755 g/mol. The summed E-state index contributed by atoms with van der Waals surface area (Å²) < 4.78 is 2.14. The summed E-state index contributed by atoms with van der Waals surface area (Å²) >= 11 is 0. The number of fused-ring (bicyclic) bond motifs is 6. The van der Waals surface area contributed by atoms with Gasteiger partial charge in [0, 0.05) is 63.8 Å². The van der Waals surface area contributed by atoms with Crippen molar-refractivity contribution in [3.05, 3.63) is 211 Å². The van der Waals surface area contributed by atoms with Crippen LogP contribution in [0.25, 0.3) is 17.0 Å². The number of aliphatic imine (C=N–C) groups is 2. The lowest BCUT2D eigenvalue weighted by Gasteiger charge is -2.03. The zero-order chi connectivity index (χ0) is 43.6. The Morgan fingerprint density at radius 2 is 1.24 bits per heavy atom. The van der Waals surface area contributed by atoms with Gasteiger partial charge in [0.15, 0.2) is 0 Å². The number of benzene rings is 6. The van der Waals surface area contributed by atoms with Gasteiger partial charge in [0.2, 0.25) is 0 Å². The lowest BCUT2D eigenvalue weighted by molar-refractivity contribution is 0.353. The molecule has 0 radical (unpaired) electrons. The minimum absolute atomic E-state index is 0.877. The molecule has 12 rings (SSSR count). The summed E-state index contributed by atoms with van der Waals surface area (Å²) in [6.45, 7) is 18.1. The molecule has 0 saturated carbocycles. The number of rotatable bonds is 0. The Labute approximate surface area is 370 Å². The van der Waals surface area contributed by atoms with Crippen molar-refractivity contribution < 1.29 is 0 Å². The van der Waals surface area contributed by atoms with Crippen molar-refractivity contribution in [2.24, 2.45) is 17.0 Å². The molecule has 0 spiro atoms. The highest BCUT2D eigenvalue weighted by atomic mass is 15.1. The minimum Gasteiger partial charge on any atom is -0.351 e. The van der Waals surface area contributed by atoms with E-state index in [9.17, 15) is 0 Å². The highest BCUT2D eigenvalue weighted by Gasteiger charge is 2.16. The molecule has 0 fully saturated rings. The number of hydrogen-bond acceptors (Lipinski definition) is 4. The number of nitrogens with zero attached hydrogens (tertiary/aromatic N) is 4. The van der Waals surface area contributed by atoms with E-state index in [4.69, 9.17) is 0 Å². The first-order valence-electron chi connectivity index (χ1n) is 22.0. The molecule has 0 unspecified atom stereocenters. The van der Waals surface area contributed by atoms with Crippen LogP contribution >= 0.6 is 0 Å². The number of nitrogens with one attached hydrogen (secondary N) is 1. The second-order valence-electron chi connectivity index (χ2n) is 17.3. The van der Waals surface area contributed by atoms with Crippen molar-refractivity contribution in [1.82, 2.24) is 14.8 Å². The SMILES string of the molecule is Cc1ccc2c(c1)CC=C2.Cc1ccc2c(c1)N=CC2.Cc1ccc2ccn(C)c2c1.Cc1cccc2c1CN(C)C2.Cc1cccc2c1CN=C2.Cc1cccc2c1CNC2. The van der Waals surface area contributed by atoms with Crippen molar-refractivity contribution in [3.8, 4) is 0 Å². The average Bonchev–Trinajstić information content (AvgIpc) is 4.13. The molecule has 0 atom stereocenters. The first-order valence-corrected chi connectivity index (χ1v) is 22.0. The molecule has 4 aliphatic heterocycles. The predicted molar refractivity (Wildman–Crippen MR) is 265 cm³/mol. The molecule has 5 heterocycles. The van der Waals surface area contributed by atoms with Crippen LogP contribution in [0.15, 0.2) is 138 Å². The van der Waals surface area contributed by atoms with Gasteiger partial charge in [0.1, 0.15) is 0 Å². The smallest absolute Gasteiger partial charge is 0.0664 e. The van der Waals surface area contributed by atoms with Crippen LogP contribution in [0.5, 0.6) is 0 Å². The van der Waals surface area contributed by atoms with Crippen LogP contribution in [0.4, 0.5) is 5.69 Å². The predicted octanol–water partition coefficient (Wildman–Crippen LogP) is 12.8. The fourth-order valence-corrected chi connectivity index (χ4v) is 8.52. The van der Waals surface area contributed by atoms with E-state index in [1.54, 1.807) is 0 Å². The van der Waals surface area contributed by atoms with Crippen LogP contribution in [-0.4, -0.2) is 28.9 Å². The summed E-state index contributed by atoms with van der Waals surface area (Å²) in [6, 6.07) is 41.0. The molecule has 0 amide bonds. The van der Waals surface area contributed by atoms with Crippen LogP contribution in [0, 0.1) is 41.5 Å². The molecule has 7 aromatic rings. The highest BCUT2D eigenvalue weighted by molar-refractivity contribution is 5.85. The zero-order valence-electron chi connectivity index (χ0n) is 38.1. The summed E-state index contributed by atoms with van der Waals surface area (Å²) in [5, 5.41) is 4.65. The first-order chi connectivity index (χ1) is 30.0. The second-order valence-corrected chi connectivity index (χ2v) is 17.3. The monoisotopic (exact) mass is 818 g/mol. The minimum atomic E-state index is 0.877. The summed E-state index contributed by atoms with van der Waals surface area (Å²) in [5.74, 6) is 0. The van der Waals surface area contributed by atoms with Crippen LogP contribution in [0.3, 0.4) is 0 Å². The van der Waals surface area contributed by atoms with Gasteiger partial charge in [-0.1, -0.05) is 115 Å². The lowest BCUT2D eigenvalue weighted by atomic mass is 10.1. The molecule has 5 heteroatoms. The fraction of sp³-hybridized carbons (Fsp3) is 0.263. The lowest BCUT2D eigenvalue weighted by Crippen LogP contribution is -2.07. The van der Waals surface area contributed by atoms with E-state index in [-0.39, 0.29) is 0 Å². The van der Waals surface area contributed by atoms with Gasteiger partial charge in [-0.25, -0.2) is 0 Å². The van der Waals surface area contributed by atoms with Crippen LogP contribution in [-0.2, 0) is 52.6 Å². The van der Waals surface area contributed by atoms with Crippen LogP contribution < -0.4 is 5.32 Å². The van der Waals surface area contributed by atoms with Crippen LogP contribution in [0.1, 0.15) is 83.5 Å². The van der Waals surface area contributed by atoms with E-state index in [2.05, 4.69) is 214 Å². The molecule has 0 bridgehead atoms. The molecule has 62 heavy (non-hydrogen) atoms. The van der Waals surface area contributed by atoms with Crippen molar-refractivity contribution >= 4 is 35.1 Å². The summed E-state index contributed by atoms with van der Waals surface area (Å²) in [7, 11) is 4.24. The second kappa shape index (κ2) is 20.6. The van der Waals surface area contributed by atoms with Gasteiger partial charge >= 0.3 is 0 Å². The Balaban J connectivity index is 0.000000112. The van der Waals surface area contributed by atoms with Crippen molar-refractivity contribution in [3.63, 3.8) is 0 Å². The molecule has 1 aromatic heterocycles. The fourth-order valence-electron chi connectivity index (χ4n) is 8.52. The third kappa shape index (κ3) is 11.2. The van der Waals surface area contributed by atoms with Gasteiger partial charge in [-0.3, -0.25) is 14.9 Å². The molecule has 6 aromatic carbocycles. The Hall–Kier alpha value is -6.14. The van der Waals surface area contributed by atoms with Crippen LogP contribution in [0.2, 0.25) is 0 Å². The van der Waals surface area contributed by atoms with Gasteiger partial charge < -0.3 is 9.88 Å². The molecule has 5 aliphatic rings. The van der Waals surface area contributed by atoms with E-state index in [1.165, 1.54) is 94.4 Å². The number of allylic oxidation sites excluding steroid dienone is 1. The Morgan fingerprint density at radius 3 is 2.02 bits per heavy atom. The topological polar surface area (TPSA) is 44.9 Å². The highest BCUT2D eigenvalue weighted by Crippen LogP contribution is 2.26. The maximum atomic E-state index is 4.24. The maximum absolute atomic E-state index is 4.24. The van der Waals surface area contributed by atoms with Gasteiger partial charge in [0.05, 0.1) is 12.2 Å². The van der Waals surface area contributed by atoms with E-state index in [1.807, 2.05) is 12.4 Å². The van der Waals surface area contributed by atoms with Crippen molar-refractivity contribution in [2.75, 3.05) is 7.05 Å². The Kier molecular flexibility index (Phi) is 14.6. The summed E-state index contributed by atoms with van der Waals surface area (Å²) in [4.78, 5) is 10.8. The molecule has 1 N–H and O–H groups in total. The number of aromatic nitrogens is 1. The summed E-state index contributed by atoms with van der Waals surface area (Å²) in [6.07, 6.45) is 12.5. The van der Waals surface area contributed by atoms with E-state index in [0.717, 1.165) is 51.3 Å². The third-order valence-corrected chi connectivity index (χ3v) is 12.2. The van der Waals surface area contributed by atoms with E-state index in [0.29, 0.717) is 0 Å². The van der Waals surface area contributed by atoms with Gasteiger partial charge in [-0.05, 0) is 156 Å². The number of aryl methyl sites for hydroxylation is 7. The average molecular weight is 818 g/mol. The molecule has 1 aliphatic carbocycles. The largest absolute Gasteiger partial charge is 0.351 e. The molecule has 5 nitrogen and oxygen atoms in total. The molecular formula is C57H63N5. The third-order valence-electron chi connectivity index (χ3n) is 12.2. The van der Waals surface area contributed by atoms with E-state index >= 15 is 0 Å².